The average molecular weight is 266 g/mol. The van der Waals surface area contributed by atoms with Gasteiger partial charge in [0.2, 0.25) is 0 Å². The Labute approximate surface area is 109 Å². The van der Waals surface area contributed by atoms with Crippen molar-refractivity contribution in [3.05, 3.63) is 41.2 Å². The summed E-state index contributed by atoms with van der Waals surface area (Å²) in [6, 6.07) is 4.80. The molecule has 7 heteroatoms. The summed E-state index contributed by atoms with van der Waals surface area (Å²) in [6.07, 6.45) is 3.30. The minimum absolute atomic E-state index is 0.257. The Kier molecular flexibility index (Phi) is 3.78. The smallest absolute Gasteiger partial charge is 0.252 e. The summed E-state index contributed by atoms with van der Waals surface area (Å²) in [5.74, 6) is -0.257. The van der Waals surface area contributed by atoms with Crippen molar-refractivity contribution in [3.8, 4) is 0 Å². The van der Waals surface area contributed by atoms with Crippen LogP contribution in [0.4, 0.5) is 5.69 Å². The van der Waals surface area contributed by atoms with Crippen molar-refractivity contribution in [1.29, 1.82) is 0 Å². The molecule has 3 N–H and O–H groups in total. The molecule has 0 bridgehead atoms. The minimum atomic E-state index is -0.257. The maximum atomic E-state index is 11.8. The number of carbonyl (C=O) groups excluding carboxylic acids is 1. The predicted molar refractivity (Wildman–Crippen MR) is 68.2 cm³/mol. The van der Waals surface area contributed by atoms with E-state index in [9.17, 15) is 4.79 Å². The van der Waals surface area contributed by atoms with Crippen LogP contribution in [0.1, 0.15) is 10.4 Å². The number of nitrogens with one attached hydrogen (secondary N) is 1. The fraction of sp³-hybridized carbons (Fsp3) is 0.182. The van der Waals surface area contributed by atoms with E-state index in [-0.39, 0.29) is 5.91 Å². The van der Waals surface area contributed by atoms with Crippen LogP contribution < -0.4 is 11.1 Å². The van der Waals surface area contributed by atoms with Gasteiger partial charge in [0, 0.05) is 18.4 Å². The van der Waals surface area contributed by atoms with Crippen LogP contribution in [0.5, 0.6) is 0 Å². The van der Waals surface area contributed by atoms with Crippen LogP contribution in [-0.4, -0.2) is 27.4 Å². The van der Waals surface area contributed by atoms with Crippen LogP contribution >= 0.6 is 11.6 Å². The number of hydrogen-bond donors (Lipinski definition) is 2. The Bertz CT molecular complexity index is 540. The van der Waals surface area contributed by atoms with Gasteiger partial charge in [-0.1, -0.05) is 16.8 Å². The molecule has 0 saturated carbocycles. The lowest BCUT2D eigenvalue weighted by atomic mass is 10.2. The summed E-state index contributed by atoms with van der Waals surface area (Å²) in [6.45, 7) is 0.985. The number of nitrogens with two attached hydrogens (primary N) is 1. The van der Waals surface area contributed by atoms with Crippen LogP contribution in [0, 0.1) is 0 Å². The molecule has 0 aliphatic rings. The van der Waals surface area contributed by atoms with Crippen molar-refractivity contribution in [1.82, 2.24) is 20.3 Å². The molecule has 0 aliphatic carbocycles. The van der Waals surface area contributed by atoms with Crippen molar-refractivity contribution in [3.63, 3.8) is 0 Å². The monoisotopic (exact) mass is 265 g/mol. The minimum Gasteiger partial charge on any atom is -0.399 e. The highest BCUT2D eigenvalue weighted by atomic mass is 35.5. The molecular formula is C11H12ClN5O. The second-order valence-electron chi connectivity index (χ2n) is 3.66. The molecule has 2 aromatic rings. The summed E-state index contributed by atoms with van der Waals surface area (Å²) < 4.78 is 1.63. The predicted octanol–water partition coefficient (Wildman–Crippen LogP) is 0.944. The van der Waals surface area contributed by atoms with E-state index < -0.39 is 0 Å². The zero-order valence-corrected chi connectivity index (χ0v) is 10.3. The van der Waals surface area contributed by atoms with Gasteiger partial charge in [0.05, 0.1) is 23.3 Å². The van der Waals surface area contributed by atoms with E-state index in [1.54, 1.807) is 35.3 Å². The SMILES string of the molecule is Nc1ccc(Cl)c(C(=O)NCCn2ccnn2)c1. The molecule has 0 spiro atoms. The van der Waals surface area contributed by atoms with Crippen molar-refractivity contribution in [2.45, 2.75) is 6.54 Å². The standard InChI is InChI=1S/C11H12ClN5O/c12-10-2-1-8(13)7-9(10)11(18)14-3-5-17-6-4-15-16-17/h1-2,4,6-7H,3,5,13H2,(H,14,18). The van der Waals surface area contributed by atoms with Gasteiger partial charge in [-0.15, -0.1) is 5.10 Å². The molecule has 0 radical (unpaired) electrons. The van der Waals surface area contributed by atoms with Gasteiger partial charge >= 0.3 is 0 Å². The van der Waals surface area contributed by atoms with Crippen LogP contribution in [0.3, 0.4) is 0 Å². The van der Waals surface area contributed by atoms with E-state index >= 15 is 0 Å². The molecule has 6 nitrogen and oxygen atoms in total. The van der Waals surface area contributed by atoms with Crippen LogP contribution in [-0.2, 0) is 6.54 Å². The Hall–Kier alpha value is -2.08. The van der Waals surface area contributed by atoms with E-state index in [0.29, 0.717) is 29.4 Å². The number of carbonyl (C=O) groups is 1. The number of amides is 1. The number of anilines is 1. The maximum absolute atomic E-state index is 11.8. The van der Waals surface area contributed by atoms with Gasteiger partial charge in [-0.2, -0.15) is 0 Å². The van der Waals surface area contributed by atoms with Crippen LogP contribution in [0.25, 0.3) is 0 Å². The number of benzene rings is 1. The molecule has 1 aromatic carbocycles. The normalized spacial score (nSPS) is 10.3. The number of rotatable bonds is 4. The maximum Gasteiger partial charge on any atom is 0.252 e. The van der Waals surface area contributed by atoms with Crippen molar-refractivity contribution >= 4 is 23.2 Å². The van der Waals surface area contributed by atoms with E-state index in [0.717, 1.165) is 0 Å². The highest BCUT2D eigenvalue weighted by Crippen LogP contribution is 2.18. The van der Waals surface area contributed by atoms with Crippen LogP contribution in [0.2, 0.25) is 5.02 Å². The van der Waals surface area contributed by atoms with E-state index in [1.807, 2.05) is 0 Å². The van der Waals surface area contributed by atoms with Gasteiger partial charge in [0.25, 0.3) is 5.91 Å². The lowest BCUT2D eigenvalue weighted by Crippen LogP contribution is -2.27. The number of hydrogen-bond acceptors (Lipinski definition) is 4. The third kappa shape index (κ3) is 2.98. The molecule has 1 heterocycles. The molecule has 0 saturated heterocycles. The molecular weight excluding hydrogens is 254 g/mol. The highest BCUT2D eigenvalue weighted by Gasteiger charge is 2.09. The van der Waals surface area contributed by atoms with Gasteiger partial charge in [-0.25, -0.2) is 0 Å². The molecule has 0 atom stereocenters. The first kappa shape index (κ1) is 12.4. The van der Waals surface area contributed by atoms with E-state index in [1.165, 1.54) is 0 Å². The zero-order valence-electron chi connectivity index (χ0n) is 9.51. The first-order valence-electron chi connectivity index (χ1n) is 5.34. The molecule has 1 aromatic heterocycles. The summed E-state index contributed by atoms with van der Waals surface area (Å²) in [5.41, 5.74) is 6.48. The number of nitrogens with zero attached hydrogens (tertiary/aromatic N) is 3. The molecule has 1 amide bonds. The van der Waals surface area contributed by atoms with Gasteiger partial charge in [0.15, 0.2) is 0 Å². The zero-order chi connectivity index (χ0) is 13.0. The third-order valence-corrected chi connectivity index (χ3v) is 2.66. The number of halogens is 1. The highest BCUT2D eigenvalue weighted by molar-refractivity contribution is 6.34. The third-order valence-electron chi connectivity index (χ3n) is 2.33. The number of nitrogen functional groups attached to an aromatic ring is 1. The Morgan fingerprint density at radius 3 is 3.06 bits per heavy atom. The topological polar surface area (TPSA) is 85.8 Å². The molecule has 0 fully saturated rings. The second kappa shape index (κ2) is 5.50. The summed E-state index contributed by atoms with van der Waals surface area (Å²) in [4.78, 5) is 11.8. The van der Waals surface area contributed by atoms with Gasteiger partial charge in [0.1, 0.15) is 0 Å². The molecule has 0 unspecified atom stereocenters. The quantitative estimate of drug-likeness (QED) is 0.806. The largest absolute Gasteiger partial charge is 0.399 e. The molecule has 94 valence electrons. The average Bonchev–Trinajstić information content (AvgIpc) is 2.85. The Morgan fingerprint density at radius 2 is 2.33 bits per heavy atom. The van der Waals surface area contributed by atoms with Crippen molar-refractivity contribution in [2.75, 3.05) is 12.3 Å². The summed E-state index contributed by atoms with van der Waals surface area (Å²) in [7, 11) is 0. The fourth-order valence-corrected chi connectivity index (χ4v) is 1.65. The van der Waals surface area contributed by atoms with E-state index in [4.69, 9.17) is 17.3 Å². The second-order valence-corrected chi connectivity index (χ2v) is 4.07. The van der Waals surface area contributed by atoms with Gasteiger partial charge < -0.3 is 11.1 Å². The van der Waals surface area contributed by atoms with E-state index in [2.05, 4.69) is 15.6 Å². The Balaban J connectivity index is 1.93. The van der Waals surface area contributed by atoms with Crippen molar-refractivity contribution < 1.29 is 4.79 Å². The fourth-order valence-electron chi connectivity index (χ4n) is 1.45. The first-order valence-corrected chi connectivity index (χ1v) is 5.72. The Morgan fingerprint density at radius 1 is 1.50 bits per heavy atom. The lowest BCUT2D eigenvalue weighted by molar-refractivity contribution is 0.0952. The lowest BCUT2D eigenvalue weighted by Gasteiger charge is -2.07. The number of aromatic nitrogens is 3. The molecule has 2 rings (SSSR count). The summed E-state index contributed by atoms with van der Waals surface area (Å²) in [5, 5.41) is 10.6. The molecule has 0 aliphatic heterocycles. The van der Waals surface area contributed by atoms with Gasteiger partial charge in [-0.05, 0) is 18.2 Å². The molecule has 18 heavy (non-hydrogen) atoms. The van der Waals surface area contributed by atoms with Crippen LogP contribution in [0.15, 0.2) is 30.6 Å². The van der Waals surface area contributed by atoms with Gasteiger partial charge in [-0.3, -0.25) is 9.48 Å². The summed E-state index contributed by atoms with van der Waals surface area (Å²) >= 11 is 5.93. The first-order chi connectivity index (χ1) is 8.66. The van der Waals surface area contributed by atoms with Crippen molar-refractivity contribution in [2.24, 2.45) is 0 Å².